The molecule has 5 heteroatoms. The van der Waals surface area contributed by atoms with Gasteiger partial charge in [-0.1, -0.05) is 6.92 Å². The predicted molar refractivity (Wildman–Crippen MR) is 71.2 cm³/mol. The Hall–Kier alpha value is -1.10. The SMILES string of the molecule is CCC(C)NC(=O)CCNC(=O)CC1CCCN1. The standard InChI is InChI=1S/C13H25N3O2/c1-3-10(2)16-12(17)6-8-15-13(18)9-11-5-4-7-14-11/h10-11,14H,3-9H2,1-2H3,(H,15,18)(H,16,17). The van der Waals surface area contributed by atoms with E-state index in [1.807, 2.05) is 13.8 Å². The van der Waals surface area contributed by atoms with Crippen LogP contribution in [0.25, 0.3) is 0 Å². The molecular formula is C13H25N3O2. The van der Waals surface area contributed by atoms with Crippen LogP contribution in [0.5, 0.6) is 0 Å². The molecule has 0 aromatic rings. The zero-order chi connectivity index (χ0) is 13.4. The highest BCUT2D eigenvalue weighted by Gasteiger charge is 2.17. The summed E-state index contributed by atoms with van der Waals surface area (Å²) in [6, 6.07) is 0.523. The van der Waals surface area contributed by atoms with Crippen molar-refractivity contribution < 1.29 is 9.59 Å². The average molecular weight is 255 g/mol. The molecule has 2 unspecified atom stereocenters. The summed E-state index contributed by atoms with van der Waals surface area (Å²) in [5.41, 5.74) is 0. The first-order chi connectivity index (χ1) is 8.61. The first kappa shape index (κ1) is 15.0. The molecule has 0 aromatic carbocycles. The fourth-order valence-electron chi connectivity index (χ4n) is 1.99. The quantitative estimate of drug-likeness (QED) is 0.622. The Morgan fingerprint density at radius 2 is 2.17 bits per heavy atom. The van der Waals surface area contributed by atoms with Crippen LogP contribution >= 0.6 is 0 Å². The molecule has 2 atom stereocenters. The maximum absolute atomic E-state index is 11.6. The zero-order valence-corrected chi connectivity index (χ0v) is 11.4. The highest BCUT2D eigenvalue weighted by Crippen LogP contribution is 2.07. The van der Waals surface area contributed by atoms with E-state index in [9.17, 15) is 9.59 Å². The summed E-state index contributed by atoms with van der Waals surface area (Å²) < 4.78 is 0. The van der Waals surface area contributed by atoms with Gasteiger partial charge in [-0.2, -0.15) is 0 Å². The van der Waals surface area contributed by atoms with Crippen molar-refractivity contribution in [3.8, 4) is 0 Å². The van der Waals surface area contributed by atoms with Crippen molar-refractivity contribution in [1.29, 1.82) is 0 Å². The van der Waals surface area contributed by atoms with E-state index in [0.717, 1.165) is 25.8 Å². The maximum Gasteiger partial charge on any atom is 0.221 e. The van der Waals surface area contributed by atoms with Crippen molar-refractivity contribution in [1.82, 2.24) is 16.0 Å². The molecule has 1 aliphatic heterocycles. The highest BCUT2D eigenvalue weighted by atomic mass is 16.2. The van der Waals surface area contributed by atoms with E-state index >= 15 is 0 Å². The van der Waals surface area contributed by atoms with Gasteiger partial charge in [0.25, 0.3) is 0 Å². The third kappa shape index (κ3) is 6.00. The third-order valence-corrected chi connectivity index (χ3v) is 3.29. The summed E-state index contributed by atoms with van der Waals surface area (Å²) in [4.78, 5) is 23.0. The van der Waals surface area contributed by atoms with Crippen LogP contribution in [0.15, 0.2) is 0 Å². The minimum Gasteiger partial charge on any atom is -0.356 e. The van der Waals surface area contributed by atoms with Gasteiger partial charge in [0.15, 0.2) is 0 Å². The van der Waals surface area contributed by atoms with Crippen molar-refractivity contribution >= 4 is 11.8 Å². The van der Waals surface area contributed by atoms with Gasteiger partial charge in [-0.05, 0) is 32.7 Å². The summed E-state index contributed by atoms with van der Waals surface area (Å²) in [5, 5.41) is 8.95. The molecule has 0 radical (unpaired) electrons. The van der Waals surface area contributed by atoms with E-state index in [1.54, 1.807) is 0 Å². The van der Waals surface area contributed by atoms with Gasteiger partial charge in [-0.15, -0.1) is 0 Å². The van der Waals surface area contributed by atoms with E-state index in [4.69, 9.17) is 0 Å². The molecule has 0 spiro atoms. The second kappa shape index (κ2) is 8.08. The molecule has 5 nitrogen and oxygen atoms in total. The Morgan fingerprint density at radius 1 is 1.39 bits per heavy atom. The Balaban J connectivity index is 2.05. The summed E-state index contributed by atoms with van der Waals surface area (Å²) >= 11 is 0. The van der Waals surface area contributed by atoms with Crippen LogP contribution < -0.4 is 16.0 Å². The third-order valence-electron chi connectivity index (χ3n) is 3.29. The van der Waals surface area contributed by atoms with Gasteiger partial charge in [0.2, 0.25) is 11.8 Å². The molecule has 1 heterocycles. The molecule has 0 aliphatic carbocycles. The summed E-state index contributed by atoms with van der Waals surface area (Å²) in [7, 11) is 0. The van der Waals surface area contributed by atoms with Gasteiger partial charge in [0.05, 0.1) is 0 Å². The minimum atomic E-state index is 0.00337. The fraction of sp³-hybridized carbons (Fsp3) is 0.846. The predicted octanol–water partition coefficient (Wildman–Crippen LogP) is 0.550. The zero-order valence-electron chi connectivity index (χ0n) is 11.4. The van der Waals surface area contributed by atoms with Crippen molar-refractivity contribution in [2.45, 2.75) is 58.0 Å². The van der Waals surface area contributed by atoms with Gasteiger partial charge >= 0.3 is 0 Å². The Bertz CT molecular complexity index is 275. The van der Waals surface area contributed by atoms with E-state index in [-0.39, 0.29) is 17.9 Å². The number of nitrogens with one attached hydrogen (secondary N) is 3. The lowest BCUT2D eigenvalue weighted by Crippen LogP contribution is -2.36. The van der Waals surface area contributed by atoms with Crippen molar-refractivity contribution in [2.24, 2.45) is 0 Å². The molecule has 0 saturated carbocycles. The summed E-state index contributed by atoms with van der Waals surface area (Å²) in [6.45, 7) is 5.44. The molecule has 0 aromatic heterocycles. The highest BCUT2D eigenvalue weighted by molar-refractivity contribution is 5.79. The number of hydrogen-bond acceptors (Lipinski definition) is 3. The van der Waals surface area contributed by atoms with Gasteiger partial charge in [-0.3, -0.25) is 9.59 Å². The molecule has 1 aliphatic rings. The lowest BCUT2D eigenvalue weighted by Gasteiger charge is -2.12. The number of amides is 2. The van der Waals surface area contributed by atoms with Gasteiger partial charge in [0, 0.05) is 31.5 Å². The van der Waals surface area contributed by atoms with E-state index < -0.39 is 0 Å². The normalized spacial score (nSPS) is 20.4. The number of rotatable bonds is 7. The number of hydrogen-bond donors (Lipinski definition) is 3. The van der Waals surface area contributed by atoms with E-state index in [0.29, 0.717) is 25.4 Å². The van der Waals surface area contributed by atoms with Crippen molar-refractivity contribution in [3.05, 3.63) is 0 Å². The second-order valence-corrected chi connectivity index (χ2v) is 4.97. The smallest absolute Gasteiger partial charge is 0.221 e. The average Bonchev–Trinajstić information content (AvgIpc) is 2.81. The fourth-order valence-corrected chi connectivity index (χ4v) is 1.99. The lowest BCUT2D eigenvalue weighted by molar-refractivity contribution is -0.122. The Labute approximate surface area is 109 Å². The Kier molecular flexibility index (Phi) is 6.72. The van der Waals surface area contributed by atoms with Crippen LogP contribution in [0.1, 0.15) is 46.0 Å². The van der Waals surface area contributed by atoms with Gasteiger partial charge in [-0.25, -0.2) is 0 Å². The largest absolute Gasteiger partial charge is 0.356 e. The molecular weight excluding hydrogens is 230 g/mol. The molecule has 0 bridgehead atoms. The van der Waals surface area contributed by atoms with Gasteiger partial charge in [0.1, 0.15) is 0 Å². The van der Waals surface area contributed by atoms with Crippen molar-refractivity contribution in [3.63, 3.8) is 0 Å². The maximum atomic E-state index is 11.6. The van der Waals surface area contributed by atoms with Crippen LogP contribution in [0.2, 0.25) is 0 Å². The van der Waals surface area contributed by atoms with Gasteiger partial charge < -0.3 is 16.0 Å². The Morgan fingerprint density at radius 3 is 2.78 bits per heavy atom. The summed E-state index contributed by atoms with van der Waals surface area (Å²) in [5.74, 6) is 0.0365. The van der Waals surface area contributed by atoms with Crippen LogP contribution in [0.4, 0.5) is 0 Å². The number of carbonyl (C=O) groups excluding carboxylic acids is 2. The molecule has 1 saturated heterocycles. The lowest BCUT2D eigenvalue weighted by atomic mass is 10.1. The molecule has 104 valence electrons. The van der Waals surface area contributed by atoms with Crippen LogP contribution in [-0.4, -0.2) is 37.0 Å². The molecule has 3 N–H and O–H groups in total. The molecule has 2 amide bonds. The molecule has 18 heavy (non-hydrogen) atoms. The molecule has 1 fully saturated rings. The van der Waals surface area contributed by atoms with Crippen LogP contribution in [0, 0.1) is 0 Å². The number of carbonyl (C=O) groups is 2. The molecule has 1 rings (SSSR count). The summed E-state index contributed by atoms with van der Waals surface area (Å²) in [6.07, 6.45) is 4.02. The van der Waals surface area contributed by atoms with E-state index in [2.05, 4.69) is 16.0 Å². The first-order valence-electron chi connectivity index (χ1n) is 6.91. The minimum absolute atomic E-state index is 0.00337. The van der Waals surface area contributed by atoms with Crippen LogP contribution in [0.3, 0.4) is 0 Å². The first-order valence-corrected chi connectivity index (χ1v) is 6.91. The monoisotopic (exact) mass is 255 g/mol. The topological polar surface area (TPSA) is 70.2 Å². The van der Waals surface area contributed by atoms with Crippen LogP contribution in [-0.2, 0) is 9.59 Å². The van der Waals surface area contributed by atoms with Crippen molar-refractivity contribution in [2.75, 3.05) is 13.1 Å². The van der Waals surface area contributed by atoms with E-state index in [1.165, 1.54) is 0 Å². The second-order valence-electron chi connectivity index (χ2n) is 4.97.